The van der Waals surface area contributed by atoms with Crippen LogP contribution in [0, 0.1) is 0 Å². The van der Waals surface area contributed by atoms with Gasteiger partial charge in [-0.15, -0.1) is 0 Å². The molecule has 0 bridgehead atoms. The average molecular weight is 299 g/mol. The van der Waals surface area contributed by atoms with Gasteiger partial charge in [0.1, 0.15) is 0 Å². The van der Waals surface area contributed by atoms with E-state index in [9.17, 15) is 9.90 Å². The second-order valence-corrected chi connectivity index (χ2v) is 6.58. The SMILES string of the molecule is C[C@@]1(O)C(=O)C2=C3CCCN3CCc3cc4c(c1c32)OCO4. The smallest absolute Gasteiger partial charge is 0.231 e. The summed E-state index contributed by atoms with van der Waals surface area (Å²) in [5.41, 5.74) is 2.88. The van der Waals surface area contributed by atoms with Crippen molar-refractivity contribution in [3.8, 4) is 11.5 Å². The number of nitrogens with zero attached hydrogens (tertiary/aromatic N) is 1. The molecule has 0 aromatic heterocycles. The van der Waals surface area contributed by atoms with Crippen molar-refractivity contribution in [2.24, 2.45) is 0 Å². The third-order valence-corrected chi connectivity index (χ3v) is 5.31. The average Bonchev–Trinajstić information content (AvgIpc) is 3.14. The molecule has 1 aromatic rings. The monoisotopic (exact) mass is 299 g/mol. The maximum atomic E-state index is 13.0. The Kier molecular flexibility index (Phi) is 2.19. The maximum absolute atomic E-state index is 13.0. The Balaban J connectivity index is 1.91. The van der Waals surface area contributed by atoms with E-state index in [4.69, 9.17) is 9.47 Å². The van der Waals surface area contributed by atoms with E-state index in [-0.39, 0.29) is 12.6 Å². The Morgan fingerprint density at radius 3 is 3.00 bits per heavy atom. The standard InChI is InChI=1S/C17H17NO4/c1-17(20)14-12-9(7-11-15(14)22-8-21-11)4-6-18-5-2-3-10(18)13(12)16(17)19/h7,20H,2-6,8H2,1H3/t17-/m0/s1. The van der Waals surface area contributed by atoms with Crippen molar-refractivity contribution in [3.05, 3.63) is 28.5 Å². The van der Waals surface area contributed by atoms with Crippen LogP contribution in [0.25, 0.3) is 5.57 Å². The van der Waals surface area contributed by atoms with Crippen molar-refractivity contribution >= 4 is 11.4 Å². The molecule has 5 rings (SSSR count). The Bertz CT molecular complexity index is 762. The molecule has 0 amide bonds. The number of ether oxygens (including phenoxy) is 2. The van der Waals surface area contributed by atoms with Gasteiger partial charge in [-0.05, 0) is 37.8 Å². The molecule has 22 heavy (non-hydrogen) atoms. The van der Waals surface area contributed by atoms with E-state index in [0.29, 0.717) is 22.6 Å². The number of carbonyl (C=O) groups is 1. The molecule has 1 aromatic carbocycles. The summed E-state index contributed by atoms with van der Waals surface area (Å²) in [7, 11) is 0. The Morgan fingerprint density at radius 1 is 1.27 bits per heavy atom. The highest BCUT2D eigenvalue weighted by Crippen LogP contribution is 2.54. The molecule has 5 nitrogen and oxygen atoms in total. The number of allylic oxidation sites excluding steroid dienone is 1. The van der Waals surface area contributed by atoms with E-state index < -0.39 is 5.60 Å². The normalized spacial score (nSPS) is 28.1. The van der Waals surface area contributed by atoms with Crippen LogP contribution in [0.2, 0.25) is 0 Å². The van der Waals surface area contributed by atoms with Crippen LogP contribution in [0.1, 0.15) is 36.5 Å². The van der Waals surface area contributed by atoms with E-state index >= 15 is 0 Å². The molecule has 1 atom stereocenters. The Hall–Kier alpha value is -2.01. The van der Waals surface area contributed by atoms with Crippen LogP contribution in [0.3, 0.4) is 0 Å². The first-order valence-corrected chi connectivity index (χ1v) is 7.80. The van der Waals surface area contributed by atoms with Crippen molar-refractivity contribution in [1.82, 2.24) is 4.90 Å². The molecule has 0 spiro atoms. The van der Waals surface area contributed by atoms with Crippen LogP contribution in [-0.4, -0.2) is 35.7 Å². The predicted octanol–water partition coefficient (Wildman–Crippen LogP) is 1.57. The van der Waals surface area contributed by atoms with Gasteiger partial charge in [-0.25, -0.2) is 0 Å². The molecule has 1 N–H and O–H groups in total. The largest absolute Gasteiger partial charge is 0.454 e. The summed E-state index contributed by atoms with van der Waals surface area (Å²) < 4.78 is 11.1. The number of aliphatic hydroxyl groups is 1. The van der Waals surface area contributed by atoms with E-state index in [1.807, 2.05) is 6.07 Å². The van der Waals surface area contributed by atoms with Gasteiger partial charge >= 0.3 is 0 Å². The summed E-state index contributed by atoms with van der Waals surface area (Å²) in [6.45, 7) is 3.63. The van der Waals surface area contributed by atoms with Gasteiger partial charge < -0.3 is 19.5 Å². The van der Waals surface area contributed by atoms with Gasteiger partial charge in [0, 0.05) is 35.5 Å². The van der Waals surface area contributed by atoms with Gasteiger partial charge in [-0.3, -0.25) is 4.79 Å². The summed E-state index contributed by atoms with van der Waals surface area (Å²) >= 11 is 0. The van der Waals surface area contributed by atoms with Crippen LogP contribution < -0.4 is 9.47 Å². The second-order valence-electron chi connectivity index (χ2n) is 6.58. The molecule has 1 fully saturated rings. The van der Waals surface area contributed by atoms with Crippen LogP contribution in [-0.2, 0) is 16.8 Å². The minimum absolute atomic E-state index is 0.146. The van der Waals surface area contributed by atoms with Crippen molar-refractivity contribution < 1.29 is 19.4 Å². The second kappa shape index (κ2) is 3.84. The molecule has 1 saturated heterocycles. The molecule has 3 aliphatic heterocycles. The summed E-state index contributed by atoms with van der Waals surface area (Å²) in [6, 6.07) is 1.98. The first-order valence-electron chi connectivity index (χ1n) is 7.80. The van der Waals surface area contributed by atoms with Gasteiger partial charge in [-0.1, -0.05) is 0 Å². The van der Waals surface area contributed by atoms with E-state index in [1.165, 1.54) is 0 Å². The predicted molar refractivity (Wildman–Crippen MR) is 78.6 cm³/mol. The molecular formula is C17H17NO4. The van der Waals surface area contributed by atoms with Gasteiger partial charge in [0.15, 0.2) is 17.1 Å². The van der Waals surface area contributed by atoms with Crippen molar-refractivity contribution in [1.29, 1.82) is 0 Å². The molecule has 114 valence electrons. The summed E-state index contributed by atoms with van der Waals surface area (Å²) in [5.74, 6) is 0.991. The first-order chi connectivity index (χ1) is 10.6. The van der Waals surface area contributed by atoms with Gasteiger partial charge in [0.2, 0.25) is 12.6 Å². The van der Waals surface area contributed by atoms with Crippen molar-refractivity contribution in [2.75, 3.05) is 19.9 Å². The zero-order valence-electron chi connectivity index (χ0n) is 12.4. The maximum Gasteiger partial charge on any atom is 0.231 e. The number of benzene rings is 1. The van der Waals surface area contributed by atoms with Crippen LogP contribution in [0.15, 0.2) is 11.8 Å². The highest BCUT2D eigenvalue weighted by atomic mass is 16.7. The summed E-state index contributed by atoms with van der Waals surface area (Å²) in [5, 5.41) is 10.9. The molecule has 0 saturated carbocycles. The third kappa shape index (κ3) is 1.31. The van der Waals surface area contributed by atoms with Crippen LogP contribution >= 0.6 is 0 Å². The fraction of sp³-hybridized carbons (Fsp3) is 0.471. The number of Topliss-reactive ketones (excluding diaryl/α,β-unsaturated/α-hetero) is 1. The fourth-order valence-corrected chi connectivity index (χ4v) is 4.30. The zero-order chi connectivity index (χ0) is 15.1. The Morgan fingerprint density at radius 2 is 2.14 bits per heavy atom. The highest BCUT2D eigenvalue weighted by Gasteiger charge is 2.51. The zero-order valence-corrected chi connectivity index (χ0v) is 12.4. The minimum atomic E-state index is -1.53. The number of hydrogen-bond donors (Lipinski definition) is 1. The molecular weight excluding hydrogens is 282 g/mol. The lowest BCUT2D eigenvalue weighted by Gasteiger charge is -2.21. The first kappa shape index (κ1) is 12.5. The molecule has 3 heterocycles. The van der Waals surface area contributed by atoms with Crippen LogP contribution in [0.4, 0.5) is 0 Å². The van der Waals surface area contributed by atoms with Crippen molar-refractivity contribution in [2.45, 2.75) is 31.8 Å². The fourth-order valence-electron chi connectivity index (χ4n) is 4.30. The number of hydrogen-bond acceptors (Lipinski definition) is 5. The van der Waals surface area contributed by atoms with E-state index in [1.54, 1.807) is 6.92 Å². The number of carbonyl (C=O) groups excluding carboxylic acids is 1. The van der Waals surface area contributed by atoms with E-state index in [0.717, 1.165) is 49.2 Å². The van der Waals surface area contributed by atoms with E-state index in [2.05, 4.69) is 4.90 Å². The minimum Gasteiger partial charge on any atom is -0.454 e. The Labute approximate surface area is 128 Å². The van der Waals surface area contributed by atoms with Gasteiger partial charge in [-0.2, -0.15) is 0 Å². The number of ketones is 1. The molecule has 4 aliphatic rings. The van der Waals surface area contributed by atoms with Gasteiger partial charge in [0.25, 0.3) is 0 Å². The molecule has 1 aliphatic carbocycles. The topological polar surface area (TPSA) is 59.0 Å². The number of rotatable bonds is 0. The molecule has 0 radical (unpaired) electrons. The molecule has 5 heteroatoms. The lowest BCUT2D eigenvalue weighted by molar-refractivity contribution is -0.129. The lowest BCUT2D eigenvalue weighted by Crippen LogP contribution is -2.29. The highest BCUT2D eigenvalue weighted by molar-refractivity contribution is 6.30. The van der Waals surface area contributed by atoms with Gasteiger partial charge in [0.05, 0.1) is 0 Å². The summed E-state index contributed by atoms with van der Waals surface area (Å²) in [4.78, 5) is 15.3. The third-order valence-electron chi connectivity index (χ3n) is 5.31. The van der Waals surface area contributed by atoms with Crippen LogP contribution in [0.5, 0.6) is 11.5 Å². The molecule has 0 unspecified atom stereocenters. The number of fused-ring (bicyclic) bond motifs is 3. The lowest BCUT2D eigenvalue weighted by atomic mass is 9.93. The van der Waals surface area contributed by atoms with Crippen molar-refractivity contribution in [3.63, 3.8) is 0 Å². The quantitative estimate of drug-likeness (QED) is 0.788. The summed E-state index contributed by atoms with van der Waals surface area (Å²) in [6.07, 6.45) is 2.84.